The predicted octanol–water partition coefficient (Wildman–Crippen LogP) is 5.17. The molecule has 6 heteroatoms. The fraction of sp³-hybridized carbons (Fsp3) is 0.150. The fourth-order valence-corrected chi connectivity index (χ4v) is 2.92. The van der Waals surface area contributed by atoms with E-state index in [1.54, 1.807) is 6.92 Å². The third kappa shape index (κ3) is 3.39. The van der Waals surface area contributed by atoms with E-state index >= 15 is 0 Å². The summed E-state index contributed by atoms with van der Waals surface area (Å²) in [5.74, 6) is 1.77. The third-order valence-corrected chi connectivity index (χ3v) is 4.36. The highest BCUT2D eigenvalue weighted by Gasteiger charge is 2.14. The molecule has 130 valence electrons. The van der Waals surface area contributed by atoms with Crippen LogP contribution in [0.15, 0.2) is 53.1 Å². The molecule has 2 aromatic carbocycles. The highest BCUT2D eigenvalue weighted by molar-refractivity contribution is 6.30. The number of hydrogen-bond acceptors (Lipinski definition) is 5. The van der Waals surface area contributed by atoms with Gasteiger partial charge in [-0.15, -0.1) is 0 Å². The normalized spacial score (nSPS) is 11.0. The molecule has 2 heterocycles. The first-order valence-electron chi connectivity index (χ1n) is 8.29. The van der Waals surface area contributed by atoms with E-state index in [4.69, 9.17) is 21.1 Å². The van der Waals surface area contributed by atoms with Crippen molar-refractivity contribution in [1.82, 2.24) is 15.1 Å². The van der Waals surface area contributed by atoms with Gasteiger partial charge in [-0.2, -0.15) is 4.98 Å². The van der Waals surface area contributed by atoms with Crippen molar-refractivity contribution in [2.75, 3.05) is 5.32 Å². The molecule has 1 N–H and O–H groups in total. The third-order valence-electron chi connectivity index (χ3n) is 4.11. The minimum absolute atomic E-state index is 0.521. The van der Waals surface area contributed by atoms with Crippen molar-refractivity contribution in [3.63, 3.8) is 0 Å². The molecule has 0 bridgehead atoms. The second-order valence-electron chi connectivity index (χ2n) is 6.20. The number of aryl methyl sites for hydroxylation is 2. The Balaban J connectivity index is 1.75. The Morgan fingerprint density at radius 1 is 1.00 bits per heavy atom. The second kappa shape index (κ2) is 6.77. The Hall–Kier alpha value is -2.92. The van der Waals surface area contributed by atoms with Crippen LogP contribution in [0.3, 0.4) is 0 Å². The Kier molecular flexibility index (Phi) is 4.31. The van der Waals surface area contributed by atoms with Crippen molar-refractivity contribution < 1.29 is 4.52 Å². The number of nitrogens with zero attached hydrogens (tertiary/aromatic N) is 3. The smallest absolute Gasteiger partial charge is 0.223 e. The monoisotopic (exact) mass is 364 g/mol. The maximum atomic E-state index is 5.95. The molecule has 26 heavy (non-hydrogen) atoms. The number of rotatable bonds is 4. The summed E-state index contributed by atoms with van der Waals surface area (Å²) in [5, 5.41) is 9.21. The van der Waals surface area contributed by atoms with Crippen molar-refractivity contribution in [3.05, 3.63) is 70.6 Å². The van der Waals surface area contributed by atoms with Crippen LogP contribution in [0.1, 0.15) is 17.0 Å². The molecule has 4 rings (SSSR count). The minimum atomic E-state index is 0.521. The van der Waals surface area contributed by atoms with E-state index in [-0.39, 0.29) is 0 Å². The van der Waals surface area contributed by atoms with Crippen LogP contribution in [-0.4, -0.2) is 15.1 Å². The van der Waals surface area contributed by atoms with Crippen LogP contribution >= 0.6 is 11.6 Å². The zero-order valence-corrected chi connectivity index (χ0v) is 15.2. The van der Waals surface area contributed by atoms with Crippen LogP contribution in [0, 0.1) is 13.8 Å². The Bertz CT molecular complexity index is 1070. The van der Waals surface area contributed by atoms with Gasteiger partial charge >= 0.3 is 0 Å². The molecule has 0 aliphatic heterocycles. The van der Waals surface area contributed by atoms with Crippen LogP contribution < -0.4 is 5.32 Å². The molecule has 0 amide bonds. The highest BCUT2D eigenvalue weighted by atomic mass is 35.5. The zero-order chi connectivity index (χ0) is 18.1. The first kappa shape index (κ1) is 16.5. The topological polar surface area (TPSA) is 63.8 Å². The van der Waals surface area contributed by atoms with E-state index in [0.717, 1.165) is 32.9 Å². The Labute approximate surface area is 156 Å². The maximum absolute atomic E-state index is 5.95. The fourth-order valence-electron chi connectivity index (χ4n) is 2.80. The summed E-state index contributed by atoms with van der Waals surface area (Å²) in [5.41, 5.74) is 4.01. The van der Waals surface area contributed by atoms with E-state index in [0.29, 0.717) is 18.3 Å². The average Bonchev–Trinajstić information content (AvgIpc) is 3.07. The van der Waals surface area contributed by atoms with Gasteiger partial charge in [0.1, 0.15) is 5.82 Å². The van der Waals surface area contributed by atoms with Gasteiger partial charge in [0.15, 0.2) is 0 Å². The molecule has 0 fully saturated rings. The minimum Gasteiger partial charge on any atom is -0.365 e. The standard InChI is InChI=1S/C20H17ClN4O/c1-12-3-8-18-15(9-12)10-17(20-23-13(2)26-25-20)19(24-18)22-11-14-4-6-16(21)7-5-14/h3-10H,11H2,1-2H3,(H,22,24). The van der Waals surface area contributed by atoms with Crippen molar-refractivity contribution >= 4 is 28.3 Å². The molecule has 0 saturated carbocycles. The molecule has 0 saturated heterocycles. The Morgan fingerprint density at radius 2 is 1.81 bits per heavy atom. The zero-order valence-electron chi connectivity index (χ0n) is 14.5. The summed E-state index contributed by atoms with van der Waals surface area (Å²) in [7, 11) is 0. The number of aromatic nitrogens is 3. The van der Waals surface area contributed by atoms with E-state index in [1.165, 1.54) is 5.56 Å². The summed E-state index contributed by atoms with van der Waals surface area (Å²) >= 11 is 5.95. The number of nitrogens with one attached hydrogen (secondary N) is 1. The first-order valence-corrected chi connectivity index (χ1v) is 8.67. The highest BCUT2D eigenvalue weighted by Crippen LogP contribution is 2.29. The number of anilines is 1. The van der Waals surface area contributed by atoms with Gasteiger partial charge < -0.3 is 9.84 Å². The van der Waals surface area contributed by atoms with Gasteiger partial charge in [0.2, 0.25) is 11.7 Å². The van der Waals surface area contributed by atoms with Gasteiger partial charge in [-0.3, -0.25) is 0 Å². The molecule has 4 aromatic rings. The maximum Gasteiger partial charge on any atom is 0.223 e. The summed E-state index contributed by atoms with van der Waals surface area (Å²) in [6.45, 7) is 4.45. The van der Waals surface area contributed by atoms with E-state index in [2.05, 4.69) is 34.5 Å². The van der Waals surface area contributed by atoms with Crippen LogP contribution in [0.4, 0.5) is 5.82 Å². The summed E-state index contributed by atoms with van der Waals surface area (Å²) in [4.78, 5) is 9.14. The molecule has 2 aromatic heterocycles. The van der Waals surface area contributed by atoms with Gasteiger partial charge in [-0.25, -0.2) is 4.98 Å². The van der Waals surface area contributed by atoms with Gasteiger partial charge in [-0.1, -0.05) is 40.5 Å². The second-order valence-corrected chi connectivity index (χ2v) is 6.63. The molecule has 0 spiro atoms. The summed E-state index contributed by atoms with van der Waals surface area (Å²) < 4.78 is 5.15. The molecule has 0 atom stereocenters. The molecular weight excluding hydrogens is 348 g/mol. The van der Waals surface area contributed by atoms with Crippen molar-refractivity contribution in [2.45, 2.75) is 20.4 Å². The molecule has 0 aliphatic rings. The molecule has 0 radical (unpaired) electrons. The average molecular weight is 365 g/mol. The van der Waals surface area contributed by atoms with Crippen molar-refractivity contribution in [2.24, 2.45) is 0 Å². The predicted molar refractivity (Wildman–Crippen MR) is 103 cm³/mol. The van der Waals surface area contributed by atoms with Crippen LogP contribution in [0.2, 0.25) is 5.02 Å². The largest absolute Gasteiger partial charge is 0.365 e. The van der Waals surface area contributed by atoms with Crippen molar-refractivity contribution in [1.29, 1.82) is 0 Å². The lowest BCUT2D eigenvalue weighted by Crippen LogP contribution is -2.04. The van der Waals surface area contributed by atoms with E-state index in [1.807, 2.05) is 36.4 Å². The Morgan fingerprint density at radius 3 is 2.54 bits per heavy atom. The first-order chi connectivity index (χ1) is 12.6. The van der Waals surface area contributed by atoms with Crippen molar-refractivity contribution in [3.8, 4) is 11.4 Å². The van der Waals surface area contributed by atoms with Gasteiger partial charge in [-0.05, 0) is 42.8 Å². The number of halogens is 1. The van der Waals surface area contributed by atoms with Crippen LogP contribution in [0.5, 0.6) is 0 Å². The van der Waals surface area contributed by atoms with Crippen LogP contribution in [-0.2, 0) is 6.54 Å². The molecular formula is C20H17ClN4O. The van der Waals surface area contributed by atoms with Crippen LogP contribution in [0.25, 0.3) is 22.3 Å². The quantitative estimate of drug-likeness (QED) is 0.541. The number of benzene rings is 2. The number of fused-ring (bicyclic) bond motifs is 1. The molecule has 0 unspecified atom stereocenters. The SMILES string of the molecule is Cc1ccc2nc(NCc3ccc(Cl)cc3)c(-c3noc(C)n3)cc2c1. The lowest BCUT2D eigenvalue weighted by Gasteiger charge is -2.11. The summed E-state index contributed by atoms with van der Waals surface area (Å²) in [6, 6.07) is 15.9. The van der Waals surface area contributed by atoms with Gasteiger partial charge in [0.05, 0.1) is 11.1 Å². The summed E-state index contributed by atoms with van der Waals surface area (Å²) in [6.07, 6.45) is 0. The van der Waals surface area contributed by atoms with E-state index in [9.17, 15) is 0 Å². The lowest BCUT2D eigenvalue weighted by atomic mass is 10.1. The number of pyridine rings is 1. The molecule has 0 aliphatic carbocycles. The lowest BCUT2D eigenvalue weighted by molar-refractivity contribution is 0.394. The van der Waals surface area contributed by atoms with E-state index < -0.39 is 0 Å². The van der Waals surface area contributed by atoms with Gasteiger partial charge in [0, 0.05) is 23.9 Å². The number of hydrogen-bond donors (Lipinski definition) is 1. The van der Waals surface area contributed by atoms with Gasteiger partial charge in [0.25, 0.3) is 0 Å². The molecule has 5 nitrogen and oxygen atoms in total.